The van der Waals surface area contributed by atoms with Crippen LogP contribution >= 0.6 is 0 Å². The second-order valence-corrected chi connectivity index (χ2v) is 2.64. The summed E-state index contributed by atoms with van der Waals surface area (Å²) in [6.45, 7) is 5.97. The molecule has 0 aromatic carbocycles. The van der Waals surface area contributed by atoms with Crippen LogP contribution in [0.1, 0.15) is 39.0 Å². The van der Waals surface area contributed by atoms with Crippen molar-refractivity contribution in [3.63, 3.8) is 0 Å². The van der Waals surface area contributed by atoms with Gasteiger partial charge >= 0.3 is 23.1 Å². The van der Waals surface area contributed by atoms with Crippen LogP contribution in [-0.2, 0) is 0 Å². The van der Waals surface area contributed by atoms with Gasteiger partial charge in [-0.25, -0.2) is 0 Å². The van der Waals surface area contributed by atoms with Gasteiger partial charge in [-0.2, -0.15) is 6.42 Å². The molecule has 0 amide bonds. The summed E-state index contributed by atoms with van der Waals surface area (Å²) in [5.41, 5.74) is 0. The van der Waals surface area contributed by atoms with Crippen molar-refractivity contribution < 1.29 is 24.0 Å². The van der Waals surface area contributed by atoms with Crippen molar-refractivity contribution in [1.29, 1.82) is 0 Å². The minimum absolute atomic E-state index is 0. The Bertz CT molecular complexity index is 119. The third kappa shape index (κ3) is 19.4. The van der Waals surface area contributed by atoms with Gasteiger partial charge in [0.05, 0.1) is 0 Å². The van der Waals surface area contributed by atoms with E-state index < -0.39 is 0 Å². The summed E-state index contributed by atoms with van der Waals surface area (Å²) in [5.74, 6) is 0. The second-order valence-electron chi connectivity index (χ2n) is 2.64. The smallest absolute Gasteiger partial charge is 1.00 e. The first-order valence-electron chi connectivity index (χ1n) is 4.52. The molecule has 0 saturated heterocycles. The van der Waals surface area contributed by atoms with Crippen molar-refractivity contribution in [2.24, 2.45) is 0 Å². The van der Waals surface area contributed by atoms with Gasteiger partial charge in [0.15, 0.2) is 0 Å². The maximum atomic E-state index is 3.76. The van der Waals surface area contributed by atoms with Gasteiger partial charge in [0, 0.05) is 0 Å². The van der Waals surface area contributed by atoms with Crippen LogP contribution < -0.4 is 24.0 Å². The van der Waals surface area contributed by atoms with Gasteiger partial charge in [-0.1, -0.05) is 50.5 Å². The Hall–Kier alpha value is 0.976. The zero-order valence-electron chi connectivity index (χ0n) is 8.64. The summed E-state index contributed by atoms with van der Waals surface area (Å²) in [4.78, 5) is 0. The molecule has 2 heteroatoms. The summed E-state index contributed by atoms with van der Waals surface area (Å²) in [6, 6.07) is 0. The molecule has 0 radical (unpaired) electrons. The van der Waals surface area contributed by atoms with Crippen LogP contribution in [0.5, 0.6) is 0 Å². The van der Waals surface area contributed by atoms with Crippen LogP contribution in [0.15, 0.2) is 24.3 Å². The van der Waals surface area contributed by atoms with E-state index in [-0.39, 0.29) is 47.0 Å². The predicted octanol–water partition coefficient (Wildman–Crippen LogP) is 0.526. The Morgan fingerprint density at radius 3 is 2.08 bits per heavy atom. The summed E-state index contributed by atoms with van der Waals surface area (Å²) in [7, 11) is 0. The Kier molecular flexibility index (Phi) is 28.1. The molecule has 0 aliphatic rings. The van der Waals surface area contributed by atoms with Gasteiger partial charge in [-0.3, -0.25) is 0 Å². The van der Waals surface area contributed by atoms with Crippen molar-refractivity contribution in [3.8, 4) is 0 Å². The van der Waals surface area contributed by atoms with Gasteiger partial charge in [0.25, 0.3) is 0 Å². The SMILES string of the molecule is [CH2-]CC/C=C\C=C\CCCC.[I-].[Mg+2]. The molecular formula is C11H19IMg. The summed E-state index contributed by atoms with van der Waals surface area (Å²) < 4.78 is 0. The van der Waals surface area contributed by atoms with E-state index in [0.29, 0.717) is 0 Å². The number of hydrogen-bond acceptors (Lipinski definition) is 0. The van der Waals surface area contributed by atoms with Gasteiger partial charge in [-0.05, 0) is 6.42 Å². The summed E-state index contributed by atoms with van der Waals surface area (Å²) in [5, 5.41) is 0. The number of rotatable bonds is 6. The first kappa shape index (κ1) is 19.5. The molecule has 0 rings (SSSR count). The molecule has 0 unspecified atom stereocenters. The van der Waals surface area contributed by atoms with Crippen molar-refractivity contribution in [2.45, 2.75) is 39.0 Å². The monoisotopic (exact) mass is 302 g/mol. The summed E-state index contributed by atoms with van der Waals surface area (Å²) >= 11 is 0. The molecule has 0 nitrogen and oxygen atoms in total. The minimum atomic E-state index is 0. The van der Waals surface area contributed by atoms with E-state index in [2.05, 4.69) is 38.2 Å². The molecule has 13 heavy (non-hydrogen) atoms. The van der Waals surface area contributed by atoms with Crippen LogP contribution in [0.4, 0.5) is 0 Å². The Morgan fingerprint density at radius 1 is 1.08 bits per heavy atom. The first-order chi connectivity index (χ1) is 5.41. The molecule has 0 saturated carbocycles. The van der Waals surface area contributed by atoms with Crippen molar-refractivity contribution >= 4 is 23.1 Å². The predicted molar refractivity (Wildman–Crippen MR) is 58.2 cm³/mol. The molecule has 0 fully saturated rings. The Morgan fingerprint density at radius 2 is 1.62 bits per heavy atom. The fourth-order valence-corrected chi connectivity index (χ4v) is 0.789. The molecule has 0 N–H and O–H groups in total. The maximum absolute atomic E-state index is 3.76. The molecule has 0 bridgehead atoms. The minimum Gasteiger partial charge on any atom is -1.00 e. The van der Waals surface area contributed by atoms with Crippen molar-refractivity contribution in [2.75, 3.05) is 0 Å². The average molecular weight is 302 g/mol. The van der Waals surface area contributed by atoms with E-state index in [9.17, 15) is 0 Å². The fourth-order valence-electron chi connectivity index (χ4n) is 0.789. The normalized spacial score (nSPS) is 10.0. The van der Waals surface area contributed by atoms with Crippen LogP contribution in [0.3, 0.4) is 0 Å². The quantitative estimate of drug-likeness (QED) is 0.221. The molecule has 72 valence electrons. The largest absolute Gasteiger partial charge is 2.00 e. The molecule has 0 aliphatic carbocycles. The van der Waals surface area contributed by atoms with E-state index in [4.69, 9.17) is 0 Å². The van der Waals surface area contributed by atoms with Gasteiger partial charge in [0.2, 0.25) is 0 Å². The van der Waals surface area contributed by atoms with E-state index in [1.165, 1.54) is 19.3 Å². The number of unbranched alkanes of at least 4 members (excludes halogenated alkanes) is 3. The van der Waals surface area contributed by atoms with E-state index >= 15 is 0 Å². The molecule has 0 heterocycles. The number of halogens is 1. The fraction of sp³-hybridized carbons (Fsp3) is 0.545. The Balaban J connectivity index is -0.000000500. The third-order valence-corrected chi connectivity index (χ3v) is 1.48. The second kappa shape index (κ2) is 18.7. The standard InChI is InChI=1S/C11H19.HI.Mg/c1-3-5-7-9-11-10-8-6-4-2;;/h7,9-11H,1,3-6,8H2,2H3;1H;/q-1;;+2/p-1/b9-7-,11-10+;;. The van der Waals surface area contributed by atoms with Gasteiger partial charge in [-0.15, -0.1) is 0 Å². The number of hydrogen-bond donors (Lipinski definition) is 0. The average Bonchev–Trinajstić information content (AvgIpc) is 2.03. The molecule has 0 atom stereocenters. The van der Waals surface area contributed by atoms with E-state index in [1.54, 1.807) is 0 Å². The van der Waals surface area contributed by atoms with Crippen LogP contribution in [0, 0.1) is 6.92 Å². The van der Waals surface area contributed by atoms with E-state index in [1.807, 2.05) is 0 Å². The maximum Gasteiger partial charge on any atom is 2.00 e. The van der Waals surface area contributed by atoms with Crippen LogP contribution in [0.25, 0.3) is 0 Å². The van der Waals surface area contributed by atoms with E-state index in [0.717, 1.165) is 12.8 Å². The molecule has 0 aromatic rings. The molecular weight excluding hydrogens is 283 g/mol. The zero-order valence-corrected chi connectivity index (χ0v) is 12.2. The Labute approximate surface area is 116 Å². The third-order valence-electron chi connectivity index (χ3n) is 1.48. The molecule has 0 spiro atoms. The number of allylic oxidation sites excluding steroid dienone is 4. The zero-order chi connectivity index (χ0) is 8.36. The topological polar surface area (TPSA) is 0 Å². The van der Waals surface area contributed by atoms with Crippen molar-refractivity contribution in [3.05, 3.63) is 31.2 Å². The molecule has 0 aromatic heterocycles. The van der Waals surface area contributed by atoms with Gasteiger partial charge in [0.1, 0.15) is 0 Å². The van der Waals surface area contributed by atoms with Crippen molar-refractivity contribution in [1.82, 2.24) is 0 Å². The summed E-state index contributed by atoms with van der Waals surface area (Å²) in [6.07, 6.45) is 14.5. The van der Waals surface area contributed by atoms with Crippen LogP contribution in [-0.4, -0.2) is 23.1 Å². The first-order valence-corrected chi connectivity index (χ1v) is 4.52. The van der Waals surface area contributed by atoms with Gasteiger partial charge < -0.3 is 30.9 Å². The molecule has 0 aliphatic heterocycles. The van der Waals surface area contributed by atoms with Crippen LogP contribution in [0.2, 0.25) is 0 Å².